The van der Waals surface area contributed by atoms with E-state index in [-0.39, 0.29) is 0 Å². The number of nitrogens with zero attached hydrogens (tertiary/aromatic N) is 5. The molecule has 0 saturated carbocycles. The fraction of sp³-hybridized carbons (Fsp3) is 0. The molecular weight excluding hydrogens is 310 g/mol. The Labute approximate surface area is 138 Å². The number of rotatable bonds is 1. The van der Waals surface area contributed by atoms with Crippen LogP contribution in [0.3, 0.4) is 0 Å². The molecule has 0 spiro atoms. The molecule has 0 fully saturated rings. The Morgan fingerprint density at radius 3 is 2.48 bits per heavy atom. The summed E-state index contributed by atoms with van der Waals surface area (Å²) in [7, 11) is 0. The van der Waals surface area contributed by atoms with Crippen molar-refractivity contribution in [1.82, 2.24) is 24.9 Å². The molecule has 4 aromatic rings. The molecule has 0 amide bonds. The Balaban J connectivity index is 0.000000140. The third kappa shape index (κ3) is 4.05. The van der Waals surface area contributed by atoms with Gasteiger partial charge < -0.3 is 0 Å². The van der Waals surface area contributed by atoms with Gasteiger partial charge in [-0.25, -0.2) is 19.9 Å². The fourth-order valence-corrected chi connectivity index (χ4v) is 2.03. The minimum atomic E-state index is 0.439. The van der Waals surface area contributed by atoms with Gasteiger partial charge in [-0.2, -0.15) is 0 Å². The van der Waals surface area contributed by atoms with Crippen LogP contribution in [-0.4, -0.2) is 24.9 Å². The molecule has 0 bridgehead atoms. The zero-order chi connectivity index (χ0) is 15.9. The molecule has 112 valence electrons. The van der Waals surface area contributed by atoms with Crippen molar-refractivity contribution in [2.45, 2.75) is 0 Å². The van der Waals surface area contributed by atoms with Gasteiger partial charge in [-0.05, 0) is 24.3 Å². The molecule has 6 heteroatoms. The van der Waals surface area contributed by atoms with Crippen LogP contribution in [0.1, 0.15) is 0 Å². The number of pyridine rings is 1. The Morgan fingerprint density at radius 1 is 0.783 bits per heavy atom. The summed E-state index contributed by atoms with van der Waals surface area (Å²) in [5, 5.41) is 1.53. The summed E-state index contributed by atoms with van der Waals surface area (Å²) in [6.45, 7) is 0. The van der Waals surface area contributed by atoms with Crippen molar-refractivity contribution >= 4 is 22.5 Å². The minimum Gasteiger partial charge on any atom is -0.264 e. The van der Waals surface area contributed by atoms with E-state index in [2.05, 4.69) is 24.9 Å². The lowest BCUT2D eigenvalue weighted by Crippen LogP contribution is -1.88. The summed E-state index contributed by atoms with van der Waals surface area (Å²) < 4.78 is 0. The van der Waals surface area contributed by atoms with Gasteiger partial charge in [-0.1, -0.05) is 29.8 Å². The van der Waals surface area contributed by atoms with E-state index >= 15 is 0 Å². The molecule has 3 aromatic heterocycles. The van der Waals surface area contributed by atoms with Crippen LogP contribution in [0.4, 0.5) is 0 Å². The molecule has 0 atom stereocenters. The van der Waals surface area contributed by atoms with Gasteiger partial charge in [0.2, 0.25) is 0 Å². The van der Waals surface area contributed by atoms with E-state index in [1.165, 1.54) is 0 Å². The van der Waals surface area contributed by atoms with Gasteiger partial charge in [0.25, 0.3) is 0 Å². The molecule has 0 radical (unpaired) electrons. The lowest BCUT2D eigenvalue weighted by atomic mass is 10.2. The Kier molecular flexibility index (Phi) is 4.81. The quantitative estimate of drug-likeness (QED) is 0.499. The summed E-state index contributed by atoms with van der Waals surface area (Å²) in [6, 6.07) is 13.3. The van der Waals surface area contributed by atoms with E-state index in [0.717, 1.165) is 16.5 Å². The maximum absolute atomic E-state index is 5.72. The van der Waals surface area contributed by atoms with Crippen LogP contribution < -0.4 is 0 Å². The van der Waals surface area contributed by atoms with Gasteiger partial charge in [0, 0.05) is 35.7 Å². The molecule has 0 aliphatic carbocycles. The second-order valence-electron chi connectivity index (χ2n) is 4.53. The van der Waals surface area contributed by atoms with Crippen molar-refractivity contribution < 1.29 is 0 Å². The largest absolute Gasteiger partial charge is 0.264 e. The SMILES string of the molecule is Clc1ccnc(-c2cccnc2)n1.c1ccc2ncncc2c1. The average molecular weight is 322 g/mol. The van der Waals surface area contributed by atoms with E-state index in [1.807, 2.05) is 42.6 Å². The third-order valence-electron chi connectivity index (χ3n) is 2.96. The number of benzene rings is 1. The highest BCUT2D eigenvalue weighted by Crippen LogP contribution is 2.14. The molecule has 0 saturated heterocycles. The van der Waals surface area contributed by atoms with Crippen LogP contribution >= 0.6 is 11.6 Å². The molecule has 4 rings (SSSR count). The Bertz CT molecular complexity index is 834. The van der Waals surface area contributed by atoms with Crippen LogP contribution in [0.5, 0.6) is 0 Å². The summed E-state index contributed by atoms with van der Waals surface area (Å²) in [5.74, 6) is 0.598. The third-order valence-corrected chi connectivity index (χ3v) is 3.17. The van der Waals surface area contributed by atoms with Crippen molar-refractivity contribution in [3.63, 3.8) is 0 Å². The number of aromatic nitrogens is 5. The number of halogens is 1. The van der Waals surface area contributed by atoms with E-state index in [9.17, 15) is 0 Å². The zero-order valence-electron chi connectivity index (χ0n) is 12.0. The fourth-order valence-electron chi connectivity index (χ4n) is 1.89. The first-order chi connectivity index (χ1) is 11.3. The van der Waals surface area contributed by atoms with Gasteiger partial charge in [0.1, 0.15) is 11.5 Å². The van der Waals surface area contributed by atoms with Crippen molar-refractivity contribution in [1.29, 1.82) is 0 Å². The molecule has 1 aromatic carbocycles. The topological polar surface area (TPSA) is 64.5 Å². The van der Waals surface area contributed by atoms with Gasteiger partial charge in [0.05, 0.1) is 5.52 Å². The number of fused-ring (bicyclic) bond motifs is 1. The Morgan fingerprint density at radius 2 is 1.70 bits per heavy atom. The normalized spacial score (nSPS) is 9.96. The van der Waals surface area contributed by atoms with Crippen LogP contribution in [-0.2, 0) is 0 Å². The molecule has 0 unspecified atom stereocenters. The smallest absolute Gasteiger partial charge is 0.162 e. The van der Waals surface area contributed by atoms with Crippen LogP contribution in [0.2, 0.25) is 5.15 Å². The molecule has 0 aliphatic rings. The molecule has 23 heavy (non-hydrogen) atoms. The standard InChI is InChI=1S/C9H6ClN3.C8H6N2/c10-8-3-5-12-9(13-8)7-2-1-4-11-6-7;1-2-4-8-7(3-1)5-9-6-10-8/h1-6H;1-6H. The first-order valence-electron chi connectivity index (χ1n) is 6.86. The van der Waals surface area contributed by atoms with Crippen LogP contribution in [0.15, 0.2) is 73.6 Å². The van der Waals surface area contributed by atoms with Gasteiger partial charge in [-0.3, -0.25) is 4.98 Å². The van der Waals surface area contributed by atoms with E-state index < -0.39 is 0 Å². The summed E-state index contributed by atoms with van der Waals surface area (Å²) in [5.41, 5.74) is 1.86. The van der Waals surface area contributed by atoms with E-state index in [0.29, 0.717) is 11.0 Å². The molecule has 5 nitrogen and oxygen atoms in total. The Hall–Kier alpha value is -2.92. The zero-order valence-corrected chi connectivity index (χ0v) is 12.8. The predicted molar refractivity (Wildman–Crippen MR) is 89.8 cm³/mol. The van der Waals surface area contributed by atoms with E-state index in [1.54, 1.807) is 31.0 Å². The minimum absolute atomic E-state index is 0.439. The maximum atomic E-state index is 5.72. The molecule has 0 N–H and O–H groups in total. The molecular formula is C17H12ClN5. The maximum Gasteiger partial charge on any atom is 0.162 e. The molecule has 0 aliphatic heterocycles. The van der Waals surface area contributed by atoms with Crippen molar-refractivity contribution in [2.75, 3.05) is 0 Å². The summed E-state index contributed by atoms with van der Waals surface area (Å²) >= 11 is 5.72. The van der Waals surface area contributed by atoms with Crippen molar-refractivity contribution in [2.24, 2.45) is 0 Å². The van der Waals surface area contributed by atoms with Crippen molar-refractivity contribution in [3.05, 3.63) is 78.7 Å². The lowest BCUT2D eigenvalue weighted by molar-refractivity contribution is 1.16. The van der Waals surface area contributed by atoms with E-state index in [4.69, 9.17) is 11.6 Å². The van der Waals surface area contributed by atoms with Crippen molar-refractivity contribution in [3.8, 4) is 11.4 Å². The average Bonchev–Trinajstić information content (AvgIpc) is 2.63. The highest BCUT2D eigenvalue weighted by molar-refractivity contribution is 6.29. The second-order valence-corrected chi connectivity index (χ2v) is 4.91. The highest BCUT2D eigenvalue weighted by atomic mass is 35.5. The summed E-state index contributed by atoms with van der Waals surface area (Å²) in [6.07, 6.45) is 8.39. The summed E-state index contributed by atoms with van der Waals surface area (Å²) in [4.78, 5) is 20.1. The van der Waals surface area contributed by atoms with Gasteiger partial charge in [0.15, 0.2) is 5.82 Å². The lowest BCUT2D eigenvalue weighted by Gasteiger charge is -1.97. The van der Waals surface area contributed by atoms with Gasteiger partial charge in [-0.15, -0.1) is 0 Å². The molecule has 3 heterocycles. The number of hydrogen-bond acceptors (Lipinski definition) is 5. The highest BCUT2D eigenvalue weighted by Gasteiger charge is 1.99. The van der Waals surface area contributed by atoms with Crippen LogP contribution in [0.25, 0.3) is 22.3 Å². The predicted octanol–water partition coefficient (Wildman–Crippen LogP) is 3.82. The first-order valence-corrected chi connectivity index (χ1v) is 7.24. The van der Waals surface area contributed by atoms with Crippen LogP contribution in [0, 0.1) is 0 Å². The second kappa shape index (κ2) is 7.38. The number of para-hydroxylation sites is 1. The van der Waals surface area contributed by atoms with Gasteiger partial charge >= 0.3 is 0 Å². The number of hydrogen-bond donors (Lipinski definition) is 0. The first kappa shape index (κ1) is 15.0. The monoisotopic (exact) mass is 321 g/mol.